The van der Waals surface area contributed by atoms with Crippen molar-refractivity contribution >= 4 is 29.3 Å². The summed E-state index contributed by atoms with van der Waals surface area (Å²) in [5, 5.41) is 14.4. The van der Waals surface area contributed by atoms with Crippen LogP contribution in [0.1, 0.15) is 42.1 Å². The van der Waals surface area contributed by atoms with Crippen LogP contribution in [0.25, 0.3) is 11.4 Å². The monoisotopic (exact) mass is 484 g/mol. The largest absolute Gasteiger partial charge is 0.410 e. The Morgan fingerprint density at radius 2 is 1.78 bits per heavy atom. The van der Waals surface area contributed by atoms with Crippen molar-refractivity contribution in [3.63, 3.8) is 0 Å². The fraction of sp³-hybridized carbons (Fsp3) is 0.200. The van der Waals surface area contributed by atoms with Gasteiger partial charge in [-0.1, -0.05) is 30.2 Å². The summed E-state index contributed by atoms with van der Waals surface area (Å²) in [7, 11) is 0. The molecule has 5 rings (SSSR count). The quantitative estimate of drug-likeness (QED) is 0.351. The van der Waals surface area contributed by atoms with Crippen LogP contribution in [0.15, 0.2) is 67.0 Å². The third kappa shape index (κ3) is 5.30. The first-order valence-corrected chi connectivity index (χ1v) is 11.6. The van der Waals surface area contributed by atoms with Gasteiger partial charge in [0.15, 0.2) is 5.75 Å². The molecule has 0 radical (unpaired) electrons. The fourth-order valence-electron chi connectivity index (χ4n) is 4.10. The Kier molecular flexibility index (Phi) is 6.52. The number of aromatic nitrogens is 5. The van der Waals surface area contributed by atoms with Crippen molar-refractivity contribution in [2.24, 2.45) is 5.73 Å². The molecule has 182 valence electrons. The maximum Gasteiger partial charge on any atom is 0.410 e. The molecular weight excluding hydrogens is 460 g/mol. The fourth-order valence-corrected chi connectivity index (χ4v) is 4.10. The predicted molar refractivity (Wildman–Crippen MR) is 133 cm³/mol. The smallest absolute Gasteiger partial charge is 0.408 e. The number of hydrogen-bond donors (Lipinski definition) is 3. The second kappa shape index (κ2) is 10.2. The normalized spacial score (nSPS) is 13.3. The molecule has 0 spiro atoms. The van der Waals surface area contributed by atoms with Gasteiger partial charge in [0.1, 0.15) is 5.69 Å². The zero-order chi connectivity index (χ0) is 24.9. The van der Waals surface area contributed by atoms with E-state index in [9.17, 15) is 9.59 Å². The maximum absolute atomic E-state index is 12.7. The predicted octanol–water partition coefficient (Wildman–Crippen LogP) is 4.30. The number of para-hydroxylation sites is 2. The minimum Gasteiger partial charge on any atom is -0.408 e. The molecule has 2 aromatic carbocycles. The summed E-state index contributed by atoms with van der Waals surface area (Å²) >= 11 is 0. The molecule has 1 aliphatic carbocycles. The van der Waals surface area contributed by atoms with Gasteiger partial charge < -0.3 is 21.1 Å². The number of carbonyl (C=O) groups is 2. The van der Waals surface area contributed by atoms with Crippen LogP contribution in [-0.4, -0.2) is 37.0 Å². The molecule has 11 nitrogen and oxygen atoms in total. The molecule has 0 bridgehead atoms. The molecule has 0 saturated heterocycles. The summed E-state index contributed by atoms with van der Waals surface area (Å²) in [6, 6.07) is 15.5. The molecule has 1 fully saturated rings. The number of ether oxygens (including phenoxy) is 1. The van der Waals surface area contributed by atoms with Crippen LogP contribution in [0.3, 0.4) is 0 Å². The average Bonchev–Trinajstić information content (AvgIpc) is 3.58. The highest BCUT2D eigenvalue weighted by Gasteiger charge is 2.19. The number of nitrogens with one attached hydrogen (secondary N) is 2. The average molecular weight is 485 g/mol. The summed E-state index contributed by atoms with van der Waals surface area (Å²) in [6.45, 7) is 0. The lowest BCUT2D eigenvalue weighted by atomic mass is 10.2. The molecule has 0 aliphatic heterocycles. The second-order valence-electron chi connectivity index (χ2n) is 8.36. The van der Waals surface area contributed by atoms with Gasteiger partial charge in [0.25, 0.3) is 5.91 Å². The van der Waals surface area contributed by atoms with Gasteiger partial charge in [-0.3, -0.25) is 4.79 Å². The van der Waals surface area contributed by atoms with Crippen molar-refractivity contribution in [1.82, 2.24) is 25.0 Å². The molecule has 1 saturated carbocycles. The van der Waals surface area contributed by atoms with Crippen LogP contribution in [-0.2, 0) is 0 Å². The molecule has 36 heavy (non-hydrogen) atoms. The first-order valence-electron chi connectivity index (χ1n) is 11.6. The highest BCUT2D eigenvalue weighted by Crippen LogP contribution is 2.29. The lowest BCUT2D eigenvalue weighted by Crippen LogP contribution is -2.18. The standard InChI is InChI=1S/C25H24N8O3/c26-24(35)36-22-8-4-3-7-20(22)29-23(34)16-9-11-17(12-10-16)28-25-27-14-13-19(30-25)21-15-33(32-31-21)18-5-1-2-6-18/h3-4,7-15,18H,1-2,5-6H2,(H2,26,35)(H,29,34)(H,27,28,30). The molecular formula is C25H24N8O3. The van der Waals surface area contributed by atoms with Gasteiger partial charge in [-0.15, -0.1) is 5.10 Å². The van der Waals surface area contributed by atoms with E-state index in [4.69, 9.17) is 10.5 Å². The van der Waals surface area contributed by atoms with Crippen LogP contribution in [0.4, 0.5) is 22.1 Å². The molecule has 4 aromatic rings. The number of nitrogens with two attached hydrogens (primary N) is 1. The summed E-state index contributed by atoms with van der Waals surface area (Å²) in [5.41, 5.74) is 7.90. The Hall–Kier alpha value is -4.80. The van der Waals surface area contributed by atoms with E-state index in [0.29, 0.717) is 40.3 Å². The number of nitrogens with zero attached hydrogens (tertiary/aromatic N) is 5. The number of anilines is 3. The van der Waals surface area contributed by atoms with Gasteiger partial charge in [0.05, 0.1) is 23.6 Å². The maximum atomic E-state index is 12.7. The topological polar surface area (TPSA) is 150 Å². The Labute approximate surface area is 206 Å². The van der Waals surface area contributed by atoms with Gasteiger partial charge in [0.2, 0.25) is 5.95 Å². The second-order valence-corrected chi connectivity index (χ2v) is 8.36. The SMILES string of the molecule is NC(=O)Oc1ccccc1NC(=O)c1ccc(Nc2nccc(-c3cn(C4CCCC4)nn3)n2)cc1. The van der Waals surface area contributed by atoms with Gasteiger partial charge in [0, 0.05) is 17.4 Å². The highest BCUT2D eigenvalue weighted by atomic mass is 16.5. The number of amides is 2. The molecule has 11 heteroatoms. The third-order valence-corrected chi connectivity index (χ3v) is 5.88. The van der Waals surface area contributed by atoms with E-state index in [1.807, 2.05) is 10.9 Å². The van der Waals surface area contributed by atoms with Crippen LogP contribution in [0.2, 0.25) is 0 Å². The molecule has 0 atom stereocenters. The van der Waals surface area contributed by atoms with Crippen molar-refractivity contribution in [3.05, 3.63) is 72.6 Å². The van der Waals surface area contributed by atoms with Gasteiger partial charge in [-0.25, -0.2) is 19.4 Å². The Bertz CT molecular complexity index is 1380. The summed E-state index contributed by atoms with van der Waals surface area (Å²) in [6.07, 6.45) is 7.33. The number of hydrogen-bond acceptors (Lipinski definition) is 8. The van der Waals surface area contributed by atoms with Crippen LogP contribution < -0.4 is 21.1 Å². The van der Waals surface area contributed by atoms with Gasteiger partial charge in [-0.05, 0) is 55.3 Å². The van der Waals surface area contributed by atoms with E-state index in [1.54, 1.807) is 54.7 Å². The Balaban J connectivity index is 1.25. The zero-order valence-corrected chi connectivity index (χ0v) is 19.3. The van der Waals surface area contributed by atoms with Gasteiger partial charge in [-0.2, -0.15) is 0 Å². The lowest BCUT2D eigenvalue weighted by Gasteiger charge is -2.10. The van der Waals surface area contributed by atoms with Crippen LogP contribution in [0, 0.1) is 0 Å². The summed E-state index contributed by atoms with van der Waals surface area (Å²) in [5.74, 6) is 0.195. The van der Waals surface area contributed by atoms with E-state index >= 15 is 0 Å². The van der Waals surface area contributed by atoms with E-state index in [1.165, 1.54) is 18.9 Å². The van der Waals surface area contributed by atoms with E-state index in [-0.39, 0.29) is 11.7 Å². The number of rotatable bonds is 7. The third-order valence-electron chi connectivity index (χ3n) is 5.88. The molecule has 2 heterocycles. The van der Waals surface area contributed by atoms with Crippen molar-refractivity contribution in [3.8, 4) is 17.1 Å². The molecule has 1 aliphatic rings. The zero-order valence-electron chi connectivity index (χ0n) is 19.3. The minimum atomic E-state index is -0.961. The number of benzene rings is 2. The summed E-state index contributed by atoms with van der Waals surface area (Å²) in [4.78, 5) is 32.6. The Morgan fingerprint density at radius 1 is 1.00 bits per heavy atom. The first kappa shape index (κ1) is 23.0. The first-order chi connectivity index (χ1) is 17.5. The number of carbonyl (C=O) groups excluding carboxylic acids is 2. The van der Waals surface area contributed by atoms with Crippen molar-refractivity contribution in [2.75, 3.05) is 10.6 Å². The molecule has 0 unspecified atom stereocenters. The van der Waals surface area contributed by atoms with E-state index < -0.39 is 6.09 Å². The van der Waals surface area contributed by atoms with Crippen molar-refractivity contribution < 1.29 is 14.3 Å². The minimum absolute atomic E-state index is 0.164. The van der Waals surface area contributed by atoms with Crippen molar-refractivity contribution in [2.45, 2.75) is 31.7 Å². The summed E-state index contributed by atoms with van der Waals surface area (Å²) < 4.78 is 6.86. The van der Waals surface area contributed by atoms with Gasteiger partial charge >= 0.3 is 6.09 Å². The lowest BCUT2D eigenvalue weighted by molar-refractivity contribution is 0.102. The van der Waals surface area contributed by atoms with E-state index in [2.05, 4.69) is 30.9 Å². The van der Waals surface area contributed by atoms with Crippen LogP contribution in [0.5, 0.6) is 5.75 Å². The molecule has 2 amide bonds. The van der Waals surface area contributed by atoms with Crippen LogP contribution >= 0.6 is 0 Å². The molecule has 2 aromatic heterocycles. The van der Waals surface area contributed by atoms with E-state index in [0.717, 1.165) is 12.8 Å². The Morgan fingerprint density at radius 3 is 2.56 bits per heavy atom. The van der Waals surface area contributed by atoms with Crippen molar-refractivity contribution in [1.29, 1.82) is 0 Å². The number of primary amides is 1. The highest BCUT2D eigenvalue weighted by molar-refractivity contribution is 6.05. The molecule has 4 N–H and O–H groups in total.